The van der Waals surface area contributed by atoms with E-state index < -0.39 is 0 Å². The molecule has 4 N–H and O–H groups in total. The monoisotopic (exact) mass is 198 g/mol. The Labute approximate surface area is 89.4 Å². The second-order valence-corrected chi connectivity index (χ2v) is 1.88. The molecule has 0 saturated carbocycles. The van der Waals surface area contributed by atoms with E-state index in [2.05, 4.69) is 6.58 Å². The predicted octanol–water partition coefficient (Wildman–Crippen LogP) is 2.97. The lowest BCUT2D eigenvalue weighted by Gasteiger charge is -2.01. The van der Waals surface area contributed by atoms with Crippen LogP contribution in [-0.4, -0.2) is 6.54 Å². The highest BCUT2D eigenvalue weighted by molar-refractivity contribution is 5.30. The highest BCUT2D eigenvalue weighted by atomic mass is 14.6. The van der Waals surface area contributed by atoms with Crippen molar-refractivity contribution in [2.45, 2.75) is 34.6 Å². The van der Waals surface area contributed by atoms with Crippen molar-refractivity contribution in [1.29, 1.82) is 0 Å². The summed E-state index contributed by atoms with van der Waals surface area (Å²) < 4.78 is 0. The molecule has 0 unspecified atom stereocenters. The summed E-state index contributed by atoms with van der Waals surface area (Å²) in [5, 5.41) is 0. The first-order chi connectivity index (χ1) is 6.76. The second kappa shape index (κ2) is 17.9. The summed E-state index contributed by atoms with van der Waals surface area (Å²) in [6, 6.07) is 0. The molecule has 0 saturated heterocycles. The van der Waals surface area contributed by atoms with Crippen LogP contribution in [0.1, 0.15) is 34.6 Å². The number of rotatable bonds is 3. The van der Waals surface area contributed by atoms with E-state index in [9.17, 15) is 0 Å². The van der Waals surface area contributed by atoms with E-state index in [1.54, 1.807) is 12.2 Å². The van der Waals surface area contributed by atoms with Gasteiger partial charge >= 0.3 is 0 Å². The maximum atomic E-state index is 5.59. The first-order valence-corrected chi connectivity index (χ1v) is 5.20. The Morgan fingerprint density at radius 1 is 1.21 bits per heavy atom. The molecule has 0 heterocycles. The summed E-state index contributed by atoms with van der Waals surface area (Å²) in [4.78, 5) is 0. The fraction of sp³-hybridized carbons (Fsp3) is 0.500. The van der Waals surface area contributed by atoms with Gasteiger partial charge < -0.3 is 11.5 Å². The van der Waals surface area contributed by atoms with Gasteiger partial charge in [-0.25, -0.2) is 0 Å². The minimum atomic E-state index is 0.479. The fourth-order valence-corrected chi connectivity index (χ4v) is 0.636. The third kappa shape index (κ3) is 11.0. The van der Waals surface area contributed by atoms with E-state index in [4.69, 9.17) is 11.5 Å². The quantitative estimate of drug-likeness (QED) is 0.685. The smallest absolute Gasteiger partial charge is 0.0356 e. The molecule has 0 spiro atoms. The van der Waals surface area contributed by atoms with Gasteiger partial charge in [0.1, 0.15) is 0 Å². The van der Waals surface area contributed by atoms with Crippen molar-refractivity contribution < 1.29 is 0 Å². The Bertz CT molecular complexity index is 167. The minimum absolute atomic E-state index is 0.479. The average molecular weight is 198 g/mol. The molecule has 14 heavy (non-hydrogen) atoms. The molecule has 0 aliphatic carbocycles. The van der Waals surface area contributed by atoms with Gasteiger partial charge in [-0.1, -0.05) is 46.4 Å². The SMILES string of the molecule is C=C/C=C(N)\C(=C/C)CN.CC.CC. The third-order valence-corrected chi connectivity index (χ3v) is 1.24. The van der Waals surface area contributed by atoms with E-state index in [0.29, 0.717) is 12.2 Å². The van der Waals surface area contributed by atoms with Crippen molar-refractivity contribution in [3.8, 4) is 0 Å². The van der Waals surface area contributed by atoms with Crippen molar-refractivity contribution in [1.82, 2.24) is 0 Å². The van der Waals surface area contributed by atoms with Gasteiger partial charge in [-0.05, 0) is 18.6 Å². The zero-order chi connectivity index (χ0) is 12.0. The van der Waals surface area contributed by atoms with Gasteiger partial charge in [-0.3, -0.25) is 0 Å². The Morgan fingerprint density at radius 3 is 1.86 bits per heavy atom. The molecule has 0 aliphatic heterocycles. The molecule has 0 aliphatic rings. The Balaban J connectivity index is -0.000000266. The molecule has 84 valence electrons. The average Bonchev–Trinajstić information content (AvgIpc) is 2.26. The second-order valence-electron chi connectivity index (χ2n) is 1.88. The summed E-state index contributed by atoms with van der Waals surface area (Å²) in [7, 11) is 0. The van der Waals surface area contributed by atoms with Gasteiger partial charge in [-0.2, -0.15) is 0 Å². The van der Waals surface area contributed by atoms with Crippen LogP contribution in [0.2, 0.25) is 0 Å². The molecular weight excluding hydrogens is 172 g/mol. The molecule has 0 rings (SSSR count). The summed E-state index contributed by atoms with van der Waals surface area (Å²) in [6.45, 7) is 13.9. The van der Waals surface area contributed by atoms with Crippen LogP contribution in [0, 0.1) is 0 Å². The molecule has 0 aromatic heterocycles. The van der Waals surface area contributed by atoms with Crippen LogP contribution >= 0.6 is 0 Å². The summed E-state index contributed by atoms with van der Waals surface area (Å²) in [5.41, 5.74) is 12.6. The highest BCUT2D eigenvalue weighted by Crippen LogP contribution is 2.00. The van der Waals surface area contributed by atoms with Crippen LogP contribution < -0.4 is 11.5 Å². The molecule has 0 atom stereocenters. The number of allylic oxidation sites excluding steroid dienone is 3. The minimum Gasteiger partial charge on any atom is -0.398 e. The molecule has 2 heteroatoms. The van der Waals surface area contributed by atoms with Crippen LogP contribution in [0.3, 0.4) is 0 Å². The van der Waals surface area contributed by atoms with E-state index in [1.807, 2.05) is 40.7 Å². The van der Waals surface area contributed by atoms with Crippen LogP contribution in [-0.2, 0) is 0 Å². The summed E-state index contributed by atoms with van der Waals surface area (Å²) in [6.07, 6.45) is 5.28. The highest BCUT2D eigenvalue weighted by Gasteiger charge is 1.93. The third-order valence-electron chi connectivity index (χ3n) is 1.24. The lowest BCUT2D eigenvalue weighted by atomic mass is 10.2. The fourth-order valence-electron chi connectivity index (χ4n) is 0.636. The van der Waals surface area contributed by atoms with Crippen LogP contribution in [0.25, 0.3) is 0 Å². The van der Waals surface area contributed by atoms with Crippen molar-refractivity contribution in [3.05, 3.63) is 36.1 Å². The zero-order valence-corrected chi connectivity index (χ0v) is 10.3. The van der Waals surface area contributed by atoms with Crippen molar-refractivity contribution in [3.63, 3.8) is 0 Å². The number of hydrogen-bond acceptors (Lipinski definition) is 2. The molecule has 0 fully saturated rings. The molecule has 2 nitrogen and oxygen atoms in total. The Hall–Kier alpha value is -1.02. The van der Waals surface area contributed by atoms with E-state index in [1.165, 1.54) is 0 Å². The van der Waals surface area contributed by atoms with Crippen molar-refractivity contribution >= 4 is 0 Å². The van der Waals surface area contributed by atoms with E-state index in [-0.39, 0.29) is 0 Å². The number of nitrogens with two attached hydrogens (primary N) is 2. The van der Waals surface area contributed by atoms with Gasteiger partial charge in [-0.15, -0.1) is 0 Å². The van der Waals surface area contributed by atoms with E-state index in [0.717, 1.165) is 5.57 Å². The van der Waals surface area contributed by atoms with Crippen LogP contribution in [0.5, 0.6) is 0 Å². The van der Waals surface area contributed by atoms with Gasteiger partial charge in [0.05, 0.1) is 0 Å². The molecule has 0 bridgehead atoms. The first-order valence-electron chi connectivity index (χ1n) is 5.20. The van der Waals surface area contributed by atoms with Gasteiger partial charge in [0.2, 0.25) is 0 Å². The van der Waals surface area contributed by atoms with Crippen molar-refractivity contribution in [2.75, 3.05) is 6.54 Å². The van der Waals surface area contributed by atoms with Gasteiger partial charge in [0, 0.05) is 12.2 Å². The standard InChI is InChI=1S/C8H14N2.2C2H6/c1-3-5-8(10)7(4-2)6-9;2*1-2/h3-5H,1,6,9-10H2,2H3;2*1-2H3/b7-4-,8-5+;;. The molecule has 0 amide bonds. The normalized spacial score (nSPS) is 10.4. The van der Waals surface area contributed by atoms with Crippen molar-refractivity contribution in [2.24, 2.45) is 11.5 Å². The molecular formula is C12H26N2. The Kier molecular flexibility index (Phi) is 23.9. The topological polar surface area (TPSA) is 52.0 Å². The summed E-state index contributed by atoms with van der Waals surface area (Å²) >= 11 is 0. The zero-order valence-electron chi connectivity index (χ0n) is 10.3. The number of hydrogen-bond donors (Lipinski definition) is 2. The first kappa shape index (κ1) is 18.7. The van der Waals surface area contributed by atoms with E-state index >= 15 is 0 Å². The lowest BCUT2D eigenvalue weighted by Crippen LogP contribution is -2.10. The molecule has 0 aromatic rings. The van der Waals surface area contributed by atoms with Gasteiger partial charge in [0.25, 0.3) is 0 Å². The van der Waals surface area contributed by atoms with Crippen LogP contribution in [0.4, 0.5) is 0 Å². The van der Waals surface area contributed by atoms with Crippen LogP contribution in [0.15, 0.2) is 36.1 Å². The lowest BCUT2D eigenvalue weighted by molar-refractivity contribution is 1.12. The maximum absolute atomic E-state index is 5.59. The Morgan fingerprint density at radius 2 is 1.64 bits per heavy atom. The maximum Gasteiger partial charge on any atom is 0.0356 e. The largest absolute Gasteiger partial charge is 0.398 e. The predicted molar refractivity (Wildman–Crippen MR) is 68.0 cm³/mol. The van der Waals surface area contributed by atoms with Gasteiger partial charge in [0.15, 0.2) is 0 Å². The molecule has 0 radical (unpaired) electrons. The molecule has 0 aromatic carbocycles. The summed E-state index contributed by atoms with van der Waals surface area (Å²) in [5.74, 6) is 0.